The minimum Gasteiger partial charge on any atom is -0.491 e. The largest absolute Gasteiger partial charge is 0.491 e. The van der Waals surface area contributed by atoms with Gasteiger partial charge < -0.3 is 25.8 Å². The molecule has 0 aliphatic rings. The fourth-order valence-electron chi connectivity index (χ4n) is 2.95. The van der Waals surface area contributed by atoms with Gasteiger partial charge in [0, 0.05) is 17.9 Å². The van der Waals surface area contributed by atoms with Crippen LogP contribution >= 0.6 is 24.6 Å². The smallest absolute Gasteiger partial charge is 0.175 e. The Hall–Kier alpha value is -3.15. The van der Waals surface area contributed by atoms with Gasteiger partial charge in [-0.05, 0) is 79.3 Å². The molecule has 172 valence electrons. The number of rotatable bonds is 10. The summed E-state index contributed by atoms with van der Waals surface area (Å²) >= 11 is 5.34. The van der Waals surface area contributed by atoms with Crippen molar-refractivity contribution in [2.75, 3.05) is 30.3 Å². The summed E-state index contributed by atoms with van der Waals surface area (Å²) in [4.78, 5) is 0. The van der Waals surface area contributed by atoms with Crippen LogP contribution in [0.4, 0.5) is 11.4 Å². The van der Waals surface area contributed by atoms with E-state index in [4.69, 9.17) is 22.2 Å². The first kappa shape index (κ1) is 26.1. The number of benzene rings is 3. The van der Waals surface area contributed by atoms with Crippen LogP contribution in [0.2, 0.25) is 0 Å². The van der Waals surface area contributed by atoms with E-state index in [0.29, 0.717) is 17.2 Å². The molecule has 4 N–H and O–H groups in total. The maximum absolute atomic E-state index is 10.0. The van der Waals surface area contributed by atoms with Gasteiger partial charge in [-0.2, -0.15) is 5.26 Å². The summed E-state index contributed by atoms with van der Waals surface area (Å²) in [5.41, 5.74) is 3.50. The standard InChI is InChI=1S/C25H26N4O2S.ClH/c26-16-20-8-12-22(13-9-20)29-25(32)28-21-10-6-19(7-11-21)14-15-27-17-23(30)18-31-24-4-2-1-3-5-24;/h1-13,23,27,30H,14-15,17-18H2,(H2,28,29,32);1H/t23-;/m0./s1. The van der Waals surface area contributed by atoms with E-state index >= 15 is 0 Å². The Morgan fingerprint density at radius 2 is 1.55 bits per heavy atom. The van der Waals surface area contributed by atoms with E-state index in [-0.39, 0.29) is 19.0 Å². The maximum atomic E-state index is 10.0. The number of halogens is 1. The van der Waals surface area contributed by atoms with E-state index in [1.807, 2.05) is 66.7 Å². The summed E-state index contributed by atoms with van der Waals surface area (Å²) < 4.78 is 5.55. The number of nitrogens with zero attached hydrogens (tertiary/aromatic N) is 1. The highest BCUT2D eigenvalue weighted by atomic mass is 35.5. The predicted octanol–water partition coefficient (Wildman–Crippen LogP) is 4.36. The fraction of sp³-hybridized carbons (Fsp3) is 0.200. The lowest BCUT2D eigenvalue weighted by Crippen LogP contribution is -2.32. The zero-order valence-corrected chi connectivity index (χ0v) is 19.7. The number of aliphatic hydroxyl groups excluding tert-OH is 1. The van der Waals surface area contributed by atoms with Gasteiger partial charge in [0.05, 0.1) is 11.6 Å². The number of hydrogen-bond donors (Lipinski definition) is 4. The molecule has 0 amide bonds. The topological polar surface area (TPSA) is 89.3 Å². The molecular formula is C25H27ClN4O2S. The molecular weight excluding hydrogens is 456 g/mol. The number of para-hydroxylation sites is 1. The number of thiocarbonyl (C=S) groups is 1. The van der Waals surface area contributed by atoms with E-state index in [1.165, 1.54) is 5.56 Å². The van der Waals surface area contributed by atoms with Crippen molar-refractivity contribution in [3.8, 4) is 11.8 Å². The molecule has 6 nitrogen and oxygen atoms in total. The Morgan fingerprint density at radius 1 is 0.939 bits per heavy atom. The molecule has 0 aliphatic heterocycles. The summed E-state index contributed by atoms with van der Waals surface area (Å²) in [6.07, 6.45) is 0.284. The number of ether oxygens (including phenoxy) is 1. The number of nitriles is 1. The molecule has 8 heteroatoms. The van der Waals surface area contributed by atoms with Crippen molar-refractivity contribution in [3.05, 3.63) is 90.0 Å². The second-order valence-corrected chi connectivity index (χ2v) is 7.61. The summed E-state index contributed by atoms with van der Waals surface area (Å²) in [5, 5.41) is 28.9. The molecule has 0 aromatic heterocycles. The van der Waals surface area contributed by atoms with Crippen molar-refractivity contribution in [2.45, 2.75) is 12.5 Å². The van der Waals surface area contributed by atoms with Crippen LogP contribution in [0.5, 0.6) is 5.75 Å². The van der Waals surface area contributed by atoms with Gasteiger partial charge in [0.25, 0.3) is 0 Å². The molecule has 0 fully saturated rings. The lowest BCUT2D eigenvalue weighted by Gasteiger charge is -2.13. The van der Waals surface area contributed by atoms with Crippen LogP contribution < -0.4 is 20.7 Å². The van der Waals surface area contributed by atoms with Gasteiger partial charge >= 0.3 is 0 Å². The van der Waals surface area contributed by atoms with E-state index in [9.17, 15) is 5.11 Å². The Labute approximate surface area is 206 Å². The number of hydrogen-bond acceptors (Lipinski definition) is 5. The number of aliphatic hydroxyl groups is 1. The normalized spacial score (nSPS) is 10.9. The molecule has 0 aliphatic carbocycles. The summed E-state index contributed by atoms with van der Waals surface area (Å²) in [7, 11) is 0. The lowest BCUT2D eigenvalue weighted by atomic mass is 10.1. The molecule has 0 saturated carbocycles. The fourth-order valence-corrected chi connectivity index (χ4v) is 3.18. The van der Waals surface area contributed by atoms with Crippen LogP contribution in [-0.4, -0.2) is 36.0 Å². The molecule has 3 aromatic rings. The average molecular weight is 483 g/mol. The van der Waals surface area contributed by atoms with Gasteiger partial charge in [0.2, 0.25) is 0 Å². The molecule has 0 saturated heterocycles. The monoisotopic (exact) mass is 482 g/mol. The second-order valence-electron chi connectivity index (χ2n) is 7.20. The zero-order valence-electron chi connectivity index (χ0n) is 18.0. The van der Waals surface area contributed by atoms with Crippen LogP contribution in [0.3, 0.4) is 0 Å². The Bertz CT molecular complexity index is 1030. The van der Waals surface area contributed by atoms with Crippen LogP contribution in [0, 0.1) is 11.3 Å². The SMILES string of the molecule is Cl.N#Cc1ccc(NC(=S)Nc2ccc(CCNC[C@H](O)COc3ccccc3)cc2)cc1. The highest BCUT2D eigenvalue weighted by Crippen LogP contribution is 2.13. The number of anilines is 2. The van der Waals surface area contributed by atoms with Gasteiger partial charge in [0.1, 0.15) is 18.5 Å². The van der Waals surface area contributed by atoms with Crippen LogP contribution in [0.1, 0.15) is 11.1 Å². The highest BCUT2D eigenvalue weighted by Gasteiger charge is 2.05. The third-order valence-electron chi connectivity index (χ3n) is 4.64. The molecule has 0 unspecified atom stereocenters. The predicted molar refractivity (Wildman–Crippen MR) is 139 cm³/mol. The van der Waals surface area contributed by atoms with E-state index in [1.54, 1.807) is 12.1 Å². The summed E-state index contributed by atoms with van der Waals surface area (Å²) in [6.45, 7) is 1.49. The Kier molecular flexibility index (Phi) is 11.1. The van der Waals surface area contributed by atoms with Crippen LogP contribution in [0.25, 0.3) is 0 Å². The van der Waals surface area contributed by atoms with Crippen LogP contribution in [0.15, 0.2) is 78.9 Å². The average Bonchev–Trinajstić information content (AvgIpc) is 2.82. The van der Waals surface area contributed by atoms with Crippen LogP contribution in [-0.2, 0) is 6.42 Å². The van der Waals surface area contributed by atoms with Crippen molar-refractivity contribution in [2.24, 2.45) is 0 Å². The van der Waals surface area contributed by atoms with Gasteiger partial charge in [-0.3, -0.25) is 0 Å². The minimum atomic E-state index is -0.564. The highest BCUT2D eigenvalue weighted by molar-refractivity contribution is 7.80. The molecule has 0 heterocycles. The zero-order chi connectivity index (χ0) is 22.6. The molecule has 0 bridgehead atoms. The minimum absolute atomic E-state index is 0. The van der Waals surface area contributed by atoms with Crippen molar-refractivity contribution in [1.29, 1.82) is 5.26 Å². The Balaban J connectivity index is 0.00000385. The van der Waals surface area contributed by atoms with E-state index in [2.05, 4.69) is 22.0 Å². The maximum Gasteiger partial charge on any atom is 0.175 e. The Morgan fingerprint density at radius 3 is 2.15 bits per heavy atom. The molecule has 0 radical (unpaired) electrons. The molecule has 0 spiro atoms. The third-order valence-corrected chi connectivity index (χ3v) is 4.84. The van der Waals surface area contributed by atoms with Gasteiger partial charge in [-0.1, -0.05) is 30.3 Å². The van der Waals surface area contributed by atoms with Crippen molar-refractivity contribution in [3.63, 3.8) is 0 Å². The molecule has 33 heavy (non-hydrogen) atoms. The molecule has 3 rings (SSSR count). The lowest BCUT2D eigenvalue weighted by molar-refractivity contribution is 0.106. The first-order valence-electron chi connectivity index (χ1n) is 10.4. The number of nitrogens with one attached hydrogen (secondary N) is 3. The first-order chi connectivity index (χ1) is 15.6. The summed E-state index contributed by atoms with van der Waals surface area (Å²) in [6, 6.07) is 26.7. The summed E-state index contributed by atoms with van der Waals surface area (Å²) in [5.74, 6) is 0.756. The van der Waals surface area contributed by atoms with Crippen molar-refractivity contribution in [1.82, 2.24) is 5.32 Å². The third kappa shape index (κ3) is 9.48. The van der Waals surface area contributed by atoms with E-state index in [0.717, 1.165) is 30.1 Å². The van der Waals surface area contributed by atoms with Crippen molar-refractivity contribution < 1.29 is 9.84 Å². The quantitative estimate of drug-likeness (QED) is 0.252. The van der Waals surface area contributed by atoms with Gasteiger partial charge in [0.15, 0.2) is 5.11 Å². The van der Waals surface area contributed by atoms with Gasteiger partial charge in [-0.15, -0.1) is 12.4 Å². The second kappa shape index (κ2) is 14.1. The van der Waals surface area contributed by atoms with Gasteiger partial charge in [-0.25, -0.2) is 0 Å². The molecule has 1 atom stereocenters. The molecule has 3 aromatic carbocycles. The first-order valence-corrected chi connectivity index (χ1v) is 10.8. The van der Waals surface area contributed by atoms with Crippen molar-refractivity contribution >= 4 is 41.1 Å². The van der Waals surface area contributed by atoms with E-state index < -0.39 is 6.10 Å².